The minimum absolute atomic E-state index is 0.117. The Balaban J connectivity index is 2.20. The Kier molecular flexibility index (Phi) is 4.62. The summed E-state index contributed by atoms with van der Waals surface area (Å²) < 4.78 is 43.5. The molecule has 0 radical (unpaired) electrons. The number of hydrogen-bond donors (Lipinski definition) is 0. The van der Waals surface area contributed by atoms with Crippen LogP contribution in [-0.4, -0.2) is 6.29 Å². The van der Waals surface area contributed by atoms with E-state index in [-0.39, 0.29) is 18.6 Å². The molecule has 0 aromatic heterocycles. The molecule has 0 amide bonds. The molecule has 110 valence electrons. The number of hydrogen-bond acceptors (Lipinski definition) is 2. The van der Waals surface area contributed by atoms with Crippen LogP contribution in [0.5, 0.6) is 5.75 Å². The van der Waals surface area contributed by atoms with Gasteiger partial charge in [0.15, 0.2) is 0 Å². The number of ether oxygens (including phenoxy) is 1. The van der Waals surface area contributed by atoms with Crippen LogP contribution in [0.25, 0.3) is 0 Å². The van der Waals surface area contributed by atoms with E-state index in [2.05, 4.69) is 0 Å². The first kappa shape index (κ1) is 15.1. The molecule has 0 aliphatic rings. The number of aldehydes is 1. The summed E-state index contributed by atoms with van der Waals surface area (Å²) in [6.07, 6.45) is -3.99. The van der Waals surface area contributed by atoms with Gasteiger partial charge < -0.3 is 9.53 Å². The van der Waals surface area contributed by atoms with Crippen molar-refractivity contribution in [2.45, 2.75) is 19.2 Å². The standard InChI is InChI=1S/C16H13F3O2/c17-16(18,19)14-6-7-15(13(10-14)8-9-20)21-11-12-4-2-1-3-5-12/h1-7,9-10H,8,11H2. The van der Waals surface area contributed by atoms with E-state index >= 15 is 0 Å². The summed E-state index contributed by atoms with van der Waals surface area (Å²) >= 11 is 0. The van der Waals surface area contributed by atoms with Gasteiger partial charge in [0.05, 0.1) is 5.56 Å². The van der Waals surface area contributed by atoms with Crippen molar-refractivity contribution < 1.29 is 22.7 Å². The van der Waals surface area contributed by atoms with E-state index in [1.807, 2.05) is 30.3 Å². The van der Waals surface area contributed by atoms with Crippen LogP contribution in [-0.2, 0) is 24.0 Å². The molecular weight excluding hydrogens is 281 g/mol. The molecule has 0 aliphatic carbocycles. The monoisotopic (exact) mass is 294 g/mol. The highest BCUT2D eigenvalue weighted by atomic mass is 19.4. The van der Waals surface area contributed by atoms with Crippen molar-refractivity contribution in [3.05, 3.63) is 65.2 Å². The summed E-state index contributed by atoms with van der Waals surface area (Å²) in [6, 6.07) is 12.4. The SMILES string of the molecule is O=CCc1cc(C(F)(F)F)ccc1OCc1ccccc1. The topological polar surface area (TPSA) is 26.3 Å². The zero-order valence-electron chi connectivity index (χ0n) is 11.1. The highest BCUT2D eigenvalue weighted by Crippen LogP contribution is 2.32. The third-order valence-corrected chi connectivity index (χ3v) is 2.93. The highest BCUT2D eigenvalue weighted by Gasteiger charge is 2.31. The zero-order chi connectivity index (χ0) is 15.3. The molecule has 2 rings (SSSR count). The van der Waals surface area contributed by atoms with Crippen LogP contribution >= 0.6 is 0 Å². The van der Waals surface area contributed by atoms with E-state index in [9.17, 15) is 18.0 Å². The predicted octanol–water partition coefficient (Wildman–Crippen LogP) is 4.03. The molecule has 0 aliphatic heterocycles. The summed E-state index contributed by atoms with van der Waals surface area (Å²) in [7, 11) is 0. The lowest BCUT2D eigenvalue weighted by Gasteiger charge is -2.13. The second-order valence-corrected chi connectivity index (χ2v) is 4.47. The molecule has 2 aromatic carbocycles. The summed E-state index contributed by atoms with van der Waals surface area (Å²) in [5.74, 6) is 0.291. The van der Waals surface area contributed by atoms with Gasteiger partial charge in [0.2, 0.25) is 0 Å². The van der Waals surface area contributed by atoms with Gasteiger partial charge in [-0.25, -0.2) is 0 Å². The Morgan fingerprint density at radius 1 is 1.05 bits per heavy atom. The van der Waals surface area contributed by atoms with E-state index in [1.165, 1.54) is 6.07 Å². The van der Waals surface area contributed by atoms with E-state index in [4.69, 9.17) is 4.74 Å². The third-order valence-electron chi connectivity index (χ3n) is 2.93. The maximum atomic E-state index is 12.7. The summed E-state index contributed by atoms with van der Waals surface area (Å²) in [6.45, 7) is 0.234. The third kappa shape index (κ3) is 4.08. The quantitative estimate of drug-likeness (QED) is 0.778. The van der Waals surface area contributed by atoms with Crippen molar-refractivity contribution in [1.29, 1.82) is 0 Å². The first-order valence-corrected chi connectivity index (χ1v) is 6.31. The van der Waals surface area contributed by atoms with Crippen molar-refractivity contribution in [1.82, 2.24) is 0 Å². The van der Waals surface area contributed by atoms with Gasteiger partial charge in [-0.05, 0) is 23.8 Å². The van der Waals surface area contributed by atoms with Crippen molar-refractivity contribution >= 4 is 6.29 Å². The van der Waals surface area contributed by atoms with Crippen LogP contribution in [0, 0.1) is 0 Å². The molecule has 0 unspecified atom stereocenters. The molecule has 0 saturated heterocycles. The number of benzene rings is 2. The van der Waals surface area contributed by atoms with Crippen LogP contribution in [0.1, 0.15) is 16.7 Å². The first-order valence-electron chi connectivity index (χ1n) is 6.31. The van der Waals surface area contributed by atoms with Gasteiger partial charge in [0.25, 0.3) is 0 Å². The maximum Gasteiger partial charge on any atom is 0.416 e. The first-order chi connectivity index (χ1) is 10.0. The van der Waals surface area contributed by atoms with Crippen LogP contribution in [0.4, 0.5) is 13.2 Å². The predicted molar refractivity (Wildman–Crippen MR) is 72.0 cm³/mol. The van der Waals surface area contributed by atoms with Crippen molar-refractivity contribution in [2.75, 3.05) is 0 Å². The molecule has 21 heavy (non-hydrogen) atoms. The maximum absolute atomic E-state index is 12.7. The molecular formula is C16H13F3O2. The second kappa shape index (κ2) is 6.43. The fourth-order valence-electron chi connectivity index (χ4n) is 1.88. The molecule has 0 N–H and O–H groups in total. The van der Waals surface area contributed by atoms with Gasteiger partial charge in [-0.1, -0.05) is 30.3 Å². The Hall–Kier alpha value is -2.30. The molecule has 0 heterocycles. The minimum Gasteiger partial charge on any atom is -0.489 e. The van der Waals surface area contributed by atoms with Gasteiger partial charge in [-0.2, -0.15) is 13.2 Å². The van der Waals surface area contributed by atoms with E-state index < -0.39 is 11.7 Å². The number of carbonyl (C=O) groups excluding carboxylic acids is 1. The van der Waals surface area contributed by atoms with Crippen LogP contribution in [0.3, 0.4) is 0 Å². The molecule has 0 fully saturated rings. The molecule has 0 spiro atoms. The number of carbonyl (C=O) groups is 1. The minimum atomic E-state index is -4.43. The van der Waals surface area contributed by atoms with Crippen molar-refractivity contribution in [3.63, 3.8) is 0 Å². The normalized spacial score (nSPS) is 11.2. The number of rotatable bonds is 5. The number of halogens is 3. The van der Waals surface area contributed by atoms with Crippen molar-refractivity contribution in [3.8, 4) is 5.75 Å². The van der Waals surface area contributed by atoms with Gasteiger partial charge in [-0.3, -0.25) is 0 Å². The highest BCUT2D eigenvalue weighted by molar-refractivity contribution is 5.58. The molecule has 0 bridgehead atoms. The summed E-state index contributed by atoms with van der Waals surface area (Å²) in [5.41, 5.74) is 0.344. The van der Waals surface area contributed by atoms with E-state index in [0.717, 1.165) is 17.7 Å². The lowest BCUT2D eigenvalue weighted by atomic mass is 10.1. The summed E-state index contributed by atoms with van der Waals surface area (Å²) in [4.78, 5) is 10.6. The smallest absolute Gasteiger partial charge is 0.416 e. The van der Waals surface area contributed by atoms with E-state index in [1.54, 1.807) is 0 Å². The average Bonchev–Trinajstić information content (AvgIpc) is 2.46. The Bertz CT molecular complexity index is 607. The number of alkyl halides is 3. The van der Waals surface area contributed by atoms with Gasteiger partial charge in [0, 0.05) is 12.0 Å². The Morgan fingerprint density at radius 2 is 1.76 bits per heavy atom. The molecule has 0 saturated carbocycles. The Labute approximate surface area is 120 Å². The molecule has 2 aromatic rings. The average molecular weight is 294 g/mol. The largest absolute Gasteiger partial charge is 0.489 e. The van der Waals surface area contributed by atoms with Crippen molar-refractivity contribution in [2.24, 2.45) is 0 Å². The molecule has 0 atom stereocenters. The Morgan fingerprint density at radius 3 is 2.38 bits per heavy atom. The summed E-state index contributed by atoms with van der Waals surface area (Å²) in [5, 5.41) is 0. The molecule has 5 heteroatoms. The zero-order valence-corrected chi connectivity index (χ0v) is 11.1. The second-order valence-electron chi connectivity index (χ2n) is 4.47. The van der Waals surface area contributed by atoms with Gasteiger partial charge in [0.1, 0.15) is 18.6 Å². The lowest BCUT2D eigenvalue weighted by Crippen LogP contribution is -2.07. The fourth-order valence-corrected chi connectivity index (χ4v) is 1.88. The fraction of sp³-hybridized carbons (Fsp3) is 0.188. The van der Waals surface area contributed by atoms with Crippen LogP contribution in [0.15, 0.2) is 48.5 Å². The van der Waals surface area contributed by atoms with Gasteiger partial charge in [-0.15, -0.1) is 0 Å². The van der Waals surface area contributed by atoms with Crippen LogP contribution in [0.2, 0.25) is 0 Å². The molecule has 2 nitrogen and oxygen atoms in total. The van der Waals surface area contributed by atoms with E-state index in [0.29, 0.717) is 12.0 Å². The van der Waals surface area contributed by atoms with Crippen LogP contribution < -0.4 is 4.74 Å². The lowest BCUT2D eigenvalue weighted by molar-refractivity contribution is -0.137. The van der Waals surface area contributed by atoms with Gasteiger partial charge >= 0.3 is 6.18 Å².